The molecule has 5 rings (SSSR count). The van der Waals surface area contributed by atoms with E-state index in [-0.39, 0.29) is 23.8 Å². The van der Waals surface area contributed by atoms with Crippen LogP contribution < -0.4 is 15.5 Å². The van der Waals surface area contributed by atoms with E-state index in [1.165, 1.54) is 5.56 Å². The third-order valence-electron chi connectivity index (χ3n) is 7.87. The topological polar surface area (TPSA) is 61.4 Å². The number of nitrogens with one attached hydrogen (secondary N) is 2. The largest absolute Gasteiger partial charge is 0.372 e. The van der Waals surface area contributed by atoms with E-state index in [4.69, 9.17) is 0 Å². The van der Waals surface area contributed by atoms with Crippen LogP contribution in [-0.4, -0.2) is 30.9 Å². The predicted octanol–water partition coefficient (Wildman–Crippen LogP) is 7.05. The van der Waals surface area contributed by atoms with Crippen LogP contribution in [0.4, 0.5) is 11.4 Å². The summed E-state index contributed by atoms with van der Waals surface area (Å²) in [4.78, 5) is 28.8. The Kier molecular flexibility index (Phi) is 9.15. The van der Waals surface area contributed by atoms with Gasteiger partial charge in [-0.05, 0) is 86.1 Å². The molecule has 1 heterocycles. The molecule has 41 heavy (non-hydrogen) atoms. The Labute approximate surface area is 243 Å². The summed E-state index contributed by atoms with van der Waals surface area (Å²) in [6.45, 7) is 5.80. The van der Waals surface area contributed by atoms with Gasteiger partial charge in [-0.15, -0.1) is 0 Å². The van der Waals surface area contributed by atoms with Crippen LogP contribution in [0.25, 0.3) is 0 Å². The molecular formula is C36H39N3O2. The highest BCUT2D eigenvalue weighted by Gasteiger charge is 2.33. The number of piperidine rings is 1. The predicted molar refractivity (Wildman–Crippen MR) is 167 cm³/mol. The van der Waals surface area contributed by atoms with Crippen LogP contribution >= 0.6 is 0 Å². The summed E-state index contributed by atoms with van der Waals surface area (Å²) in [6, 6.07) is 36.4. The first kappa shape index (κ1) is 28.2. The number of rotatable bonds is 9. The second-order valence-electron chi connectivity index (χ2n) is 11.2. The lowest BCUT2D eigenvalue weighted by atomic mass is 9.79. The van der Waals surface area contributed by atoms with E-state index in [0.29, 0.717) is 17.9 Å². The zero-order valence-electron chi connectivity index (χ0n) is 23.9. The summed E-state index contributed by atoms with van der Waals surface area (Å²) in [5.41, 5.74) is 5.88. The Hall–Kier alpha value is -4.38. The van der Waals surface area contributed by atoms with Crippen molar-refractivity contribution in [2.24, 2.45) is 5.92 Å². The second-order valence-corrected chi connectivity index (χ2v) is 11.2. The second kappa shape index (κ2) is 13.3. The minimum Gasteiger partial charge on any atom is -0.372 e. The summed E-state index contributed by atoms with van der Waals surface area (Å²) in [5.74, 6) is 0.178. The highest BCUT2D eigenvalue weighted by molar-refractivity contribution is 6.05. The van der Waals surface area contributed by atoms with Gasteiger partial charge in [-0.25, -0.2) is 0 Å². The fourth-order valence-corrected chi connectivity index (χ4v) is 5.83. The van der Waals surface area contributed by atoms with Gasteiger partial charge in [-0.2, -0.15) is 0 Å². The molecule has 0 saturated carbocycles. The van der Waals surface area contributed by atoms with Gasteiger partial charge < -0.3 is 15.5 Å². The standard InChI is InChI=1S/C36H39N3O2/c1-26(2)37-36(41)34(28-13-7-4-8-14-28)29-21-23-39(24-22-29)32-19-17-31(18-20-32)38-35(40)33-16-10-9-15-30(33)25-27-11-5-3-6-12-27/h3-20,26,29,34H,21-25H2,1-2H3,(H,37,41)(H,38,40). The summed E-state index contributed by atoms with van der Waals surface area (Å²) in [7, 11) is 0. The first-order chi connectivity index (χ1) is 20.0. The maximum Gasteiger partial charge on any atom is 0.255 e. The van der Waals surface area contributed by atoms with E-state index in [0.717, 1.165) is 48.4 Å². The van der Waals surface area contributed by atoms with E-state index in [2.05, 4.69) is 51.9 Å². The molecule has 4 aromatic rings. The van der Waals surface area contributed by atoms with Crippen LogP contribution in [-0.2, 0) is 11.2 Å². The van der Waals surface area contributed by atoms with Gasteiger partial charge in [0.25, 0.3) is 5.91 Å². The molecule has 1 unspecified atom stereocenters. The number of benzene rings is 4. The van der Waals surface area contributed by atoms with Crippen molar-refractivity contribution < 1.29 is 9.59 Å². The van der Waals surface area contributed by atoms with Gasteiger partial charge in [0.15, 0.2) is 0 Å². The Bertz CT molecular complexity index is 1430. The maximum absolute atomic E-state index is 13.2. The smallest absolute Gasteiger partial charge is 0.255 e. The Balaban J connectivity index is 1.21. The minimum absolute atomic E-state index is 0.100. The monoisotopic (exact) mass is 545 g/mol. The van der Waals surface area contributed by atoms with Gasteiger partial charge in [-0.1, -0.05) is 78.9 Å². The van der Waals surface area contributed by atoms with Crippen LogP contribution in [0, 0.1) is 5.92 Å². The molecule has 0 radical (unpaired) electrons. The number of carbonyl (C=O) groups excluding carboxylic acids is 2. The summed E-state index contributed by atoms with van der Waals surface area (Å²) in [5, 5.41) is 6.22. The number of hydrogen-bond donors (Lipinski definition) is 2. The minimum atomic E-state index is -0.136. The molecule has 1 atom stereocenters. The average Bonchev–Trinajstić information content (AvgIpc) is 2.99. The van der Waals surface area contributed by atoms with Gasteiger partial charge in [0.05, 0.1) is 5.92 Å². The number of nitrogens with zero attached hydrogens (tertiary/aromatic N) is 1. The first-order valence-corrected chi connectivity index (χ1v) is 14.6. The Morgan fingerprint density at radius 3 is 2.05 bits per heavy atom. The van der Waals surface area contributed by atoms with Crippen LogP contribution in [0.5, 0.6) is 0 Å². The molecule has 1 aliphatic rings. The van der Waals surface area contributed by atoms with E-state index in [1.807, 2.05) is 86.6 Å². The number of hydrogen-bond acceptors (Lipinski definition) is 3. The zero-order valence-corrected chi connectivity index (χ0v) is 23.9. The van der Waals surface area contributed by atoms with E-state index in [9.17, 15) is 9.59 Å². The number of carbonyl (C=O) groups is 2. The third kappa shape index (κ3) is 7.23. The molecule has 0 bridgehead atoms. The van der Waals surface area contributed by atoms with Crippen molar-refractivity contribution in [3.63, 3.8) is 0 Å². The molecule has 1 aliphatic heterocycles. The van der Waals surface area contributed by atoms with Gasteiger partial charge in [-0.3, -0.25) is 9.59 Å². The first-order valence-electron chi connectivity index (χ1n) is 14.6. The van der Waals surface area contributed by atoms with Crippen LogP contribution in [0.3, 0.4) is 0 Å². The molecule has 4 aromatic carbocycles. The molecule has 210 valence electrons. The van der Waals surface area contributed by atoms with Gasteiger partial charge in [0.2, 0.25) is 5.91 Å². The molecule has 1 fully saturated rings. The third-order valence-corrected chi connectivity index (χ3v) is 7.87. The van der Waals surface area contributed by atoms with Crippen molar-refractivity contribution in [2.75, 3.05) is 23.3 Å². The number of amides is 2. The molecule has 5 heteroatoms. The van der Waals surface area contributed by atoms with Crippen molar-refractivity contribution in [1.29, 1.82) is 0 Å². The molecule has 0 spiro atoms. The number of anilines is 2. The Morgan fingerprint density at radius 1 is 0.780 bits per heavy atom. The summed E-state index contributed by atoms with van der Waals surface area (Å²) >= 11 is 0. The van der Waals surface area contributed by atoms with Crippen molar-refractivity contribution >= 4 is 23.2 Å². The average molecular weight is 546 g/mol. The summed E-state index contributed by atoms with van der Waals surface area (Å²) < 4.78 is 0. The van der Waals surface area contributed by atoms with Gasteiger partial charge >= 0.3 is 0 Å². The molecule has 5 nitrogen and oxygen atoms in total. The van der Waals surface area contributed by atoms with Crippen molar-refractivity contribution in [1.82, 2.24) is 5.32 Å². The fraction of sp³-hybridized carbons (Fsp3) is 0.278. The maximum atomic E-state index is 13.2. The van der Waals surface area contributed by atoms with E-state index < -0.39 is 0 Å². The van der Waals surface area contributed by atoms with Crippen molar-refractivity contribution in [3.05, 3.63) is 131 Å². The molecule has 2 amide bonds. The van der Waals surface area contributed by atoms with Gasteiger partial charge in [0, 0.05) is 36.1 Å². The van der Waals surface area contributed by atoms with Crippen LogP contribution in [0.2, 0.25) is 0 Å². The molecule has 1 saturated heterocycles. The Morgan fingerprint density at radius 2 is 1.39 bits per heavy atom. The van der Waals surface area contributed by atoms with Crippen LogP contribution in [0.15, 0.2) is 109 Å². The SMILES string of the molecule is CC(C)NC(=O)C(c1ccccc1)C1CCN(c2ccc(NC(=O)c3ccccc3Cc3ccccc3)cc2)CC1. The highest BCUT2D eigenvalue weighted by Crippen LogP contribution is 2.35. The zero-order chi connectivity index (χ0) is 28.6. The lowest BCUT2D eigenvalue weighted by molar-refractivity contribution is -0.124. The van der Waals surface area contributed by atoms with Crippen molar-refractivity contribution in [2.45, 2.75) is 45.1 Å². The molecular weight excluding hydrogens is 506 g/mol. The van der Waals surface area contributed by atoms with Crippen LogP contribution in [0.1, 0.15) is 59.7 Å². The van der Waals surface area contributed by atoms with Gasteiger partial charge in [0.1, 0.15) is 0 Å². The normalized spacial score (nSPS) is 14.5. The summed E-state index contributed by atoms with van der Waals surface area (Å²) in [6.07, 6.45) is 2.60. The fourth-order valence-electron chi connectivity index (χ4n) is 5.83. The molecule has 2 N–H and O–H groups in total. The molecule has 0 aliphatic carbocycles. The molecule has 0 aromatic heterocycles. The van der Waals surface area contributed by atoms with Crippen molar-refractivity contribution in [3.8, 4) is 0 Å². The lowest BCUT2D eigenvalue weighted by Gasteiger charge is -2.37. The van der Waals surface area contributed by atoms with E-state index >= 15 is 0 Å². The lowest BCUT2D eigenvalue weighted by Crippen LogP contribution is -2.42. The highest BCUT2D eigenvalue weighted by atomic mass is 16.2. The van der Waals surface area contributed by atoms with E-state index in [1.54, 1.807) is 0 Å². The quantitative estimate of drug-likeness (QED) is 0.237.